The Kier molecular flexibility index (Phi) is 9.24. The van der Waals surface area contributed by atoms with E-state index in [4.69, 9.17) is 4.74 Å². The largest absolute Gasteiger partial charge is 0.440 e. The fraction of sp³-hybridized carbons (Fsp3) is 0.824. The molecule has 134 valence electrons. The number of Topliss-reactive ketones (excluding diaryl/α,β-unsaturated/α-hetero) is 2. The molecule has 0 fully saturated rings. The minimum Gasteiger partial charge on any atom is -0.440 e. The van der Waals surface area contributed by atoms with E-state index in [9.17, 15) is 24.6 Å². The summed E-state index contributed by atoms with van der Waals surface area (Å²) in [5.74, 6) is -2.21. The number of hydrogen-bond acceptors (Lipinski definition) is 6. The zero-order chi connectivity index (χ0) is 18.2. The van der Waals surface area contributed by atoms with Crippen molar-refractivity contribution in [1.29, 1.82) is 0 Å². The molecule has 6 heteroatoms. The molecule has 0 aromatic heterocycles. The van der Waals surface area contributed by atoms with Gasteiger partial charge in [0.1, 0.15) is 6.10 Å². The molecule has 0 bridgehead atoms. The lowest BCUT2D eigenvalue weighted by Gasteiger charge is -2.35. The van der Waals surface area contributed by atoms with Crippen LogP contribution in [0, 0.1) is 11.8 Å². The molecule has 0 heterocycles. The highest BCUT2D eigenvalue weighted by Gasteiger charge is 2.54. The fourth-order valence-electron chi connectivity index (χ4n) is 2.32. The van der Waals surface area contributed by atoms with Gasteiger partial charge in [0.05, 0.1) is 6.61 Å². The Morgan fingerprint density at radius 3 is 1.74 bits per heavy atom. The van der Waals surface area contributed by atoms with E-state index < -0.39 is 35.8 Å². The number of esters is 1. The molecular formula is C17H30O6. The van der Waals surface area contributed by atoms with Gasteiger partial charge in [-0.15, -0.1) is 0 Å². The van der Waals surface area contributed by atoms with Gasteiger partial charge in [-0.1, -0.05) is 34.6 Å². The predicted molar refractivity (Wildman–Crippen MR) is 85.7 cm³/mol. The highest BCUT2D eigenvalue weighted by atomic mass is 16.6. The van der Waals surface area contributed by atoms with Crippen LogP contribution in [0.15, 0.2) is 0 Å². The van der Waals surface area contributed by atoms with Gasteiger partial charge in [0.15, 0.2) is 11.6 Å². The molecule has 0 aromatic rings. The van der Waals surface area contributed by atoms with Gasteiger partial charge in [-0.25, -0.2) is 0 Å². The number of hydrogen-bond donors (Lipinski definition) is 2. The lowest BCUT2D eigenvalue weighted by molar-refractivity contribution is -0.188. The number of aliphatic hydroxyl groups is 2. The first-order chi connectivity index (χ1) is 10.6. The molecule has 0 saturated heterocycles. The fourth-order valence-corrected chi connectivity index (χ4v) is 2.32. The van der Waals surface area contributed by atoms with Crippen molar-refractivity contribution >= 4 is 17.5 Å². The monoisotopic (exact) mass is 330 g/mol. The average molecular weight is 330 g/mol. The first-order valence-electron chi connectivity index (χ1n) is 8.19. The van der Waals surface area contributed by atoms with Crippen molar-refractivity contribution < 1.29 is 29.3 Å². The Morgan fingerprint density at radius 1 is 1.00 bits per heavy atom. The summed E-state index contributed by atoms with van der Waals surface area (Å²) in [7, 11) is 0. The lowest BCUT2D eigenvalue weighted by atomic mass is 9.80. The third kappa shape index (κ3) is 6.03. The van der Waals surface area contributed by atoms with Gasteiger partial charge in [0, 0.05) is 19.3 Å². The molecular weight excluding hydrogens is 300 g/mol. The van der Waals surface area contributed by atoms with Crippen molar-refractivity contribution in [2.45, 2.75) is 72.0 Å². The first-order valence-corrected chi connectivity index (χ1v) is 8.19. The SMILES string of the molecule is CCCC(=O)OC(C(=O)CC(C)C)(C(=O)CC(C)C)C(O)CO. The highest BCUT2D eigenvalue weighted by Crippen LogP contribution is 2.27. The second-order valence-corrected chi connectivity index (χ2v) is 6.70. The summed E-state index contributed by atoms with van der Waals surface area (Å²) in [6.07, 6.45) is -1.30. The predicted octanol–water partition coefficient (Wildman–Crippen LogP) is 1.65. The van der Waals surface area contributed by atoms with Crippen LogP contribution in [-0.2, 0) is 19.1 Å². The zero-order valence-electron chi connectivity index (χ0n) is 14.8. The molecule has 6 nitrogen and oxygen atoms in total. The van der Waals surface area contributed by atoms with Crippen LogP contribution in [0.2, 0.25) is 0 Å². The summed E-state index contributed by atoms with van der Waals surface area (Å²) in [4.78, 5) is 37.3. The number of carbonyl (C=O) groups excluding carboxylic acids is 3. The van der Waals surface area contributed by atoms with Gasteiger partial charge in [0.25, 0.3) is 5.60 Å². The minimum atomic E-state index is -2.31. The van der Waals surface area contributed by atoms with Gasteiger partial charge < -0.3 is 14.9 Å². The van der Waals surface area contributed by atoms with E-state index in [0.717, 1.165) is 0 Å². The third-order valence-corrected chi connectivity index (χ3v) is 3.39. The Labute approximate surface area is 138 Å². The standard InChI is InChI=1S/C17H30O6/c1-6-7-16(22)23-17(15(21)10-18,13(19)8-11(2)3)14(20)9-12(4)5/h11-12,15,18,21H,6-10H2,1-5H3. The molecule has 23 heavy (non-hydrogen) atoms. The van der Waals surface area contributed by atoms with E-state index in [1.54, 1.807) is 34.6 Å². The maximum atomic E-state index is 12.7. The van der Waals surface area contributed by atoms with Crippen molar-refractivity contribution in [3.63, 3.8) is 0 Å². The van der Waals surface area contributed by atoms with Crippen LogP contribution in [0.3, 0.4) is 0 Å². The van der Waals surface area contributed by atoms with Gasteiger partial charge >= 0.3 is 5.97 Å². The number of carbonyl (C=O) groups is 3. The Morgan fingerprint density at radius 2 is 1.43 bits per heavy atom. The van der Waals surface area contributed by atoms with Crippen LogP contribution in [-0.4, -0.2) is 46.1 Å². The molecule has 0 aliphatic rings. The van der Waals surface area contributed by atoms with Gasteiger partial charge in [-0.05, 0) is 18.3 Å². The smallest absolute Gasteiger partial charge is 0.307 e. The van der Waals surface area contributed by atoms with Crippen LogP contribution in [0.1, 0.15) is 60.3 Å². The maximum absolute atomic E-state index is 12.7. The molecule has 2 N–H and O–H groups in total. The minimum absolute atomic E-state index is 0.0275. The van der Waals surface area contributed by atoms with Crippen molar-refractivity contribution in [2.75, 3.05) is 6.61 Å². The Bertz CT molecular complexity index is 391. The van der Waals surface area contributed by atoms with Crippen LogP contribution in [0.25, 0.3) is 0 Å². The van der Waals surface area contributed by atoms with Crippen LogP contribution < -0.4 is 0 Å². The Hall–Kier alpha value is -1.27. The molecule has 0 spiro atoms. The highest BCUT2D eigenvalue weighted by molar-refractivity contribution is 6.12. The first kappa shape index (κ1) is 21.7. The average Bonchev–Trinajstić information content (AvgIpc) is 2.42. The van der Waals surface area contributed by atoms with Gasteiger partial charge in [-0.2, -0.15) is 0 Å². The molecule has 0 rings (SSSR count). The van der Waals surface area contributed by atoms with E-state index in [1.807, 2.05) is 0 Å². The zero-order valence-corrected chi connectivity index (χ0v) is 14.8. The summed E-state index contributed by atoms with van der Waals surface area (Å²) in [6.45, 7) is 8.07. The van der Waals surface area contributed by atoms with Crippen molar-refractivity contribution in [2.24, 2.45) is 11.8 Å². The summed E-state index contributed by atoms with van der Waals surface area (Å²) in [6, 6.07) is 0. The topological polar surface area (TPSA) is 101 Å². The second-order valence-electron chi connectivity index (χ2n) is 6.70. The van der Waals surface area contributed by atoms with E-state index >= 15 is 0 Å². The lowest BCUT2D eigenvalue weighted by Crippen LogP contribution is -2.60. The second kappa shape index (κ2) is 9.78. The van der Waals surface area contributed by atoms with Gasteiger partial charge in [0.2, 0.25) is 0 Å². The molecule has 0 aliphatic carbocycles. The Balaban J connectivity index is 5.85. The molecule has 1 atom stereocenters. The summed E-state index contributed by atoms with van der Waals surface area (Å²) in [5.41, 5.74) is -2.31. The number of rotatable bonds is 11. The summed E-state index contributed by atoms with van der Waals surface area (Å²) in [5, 5.41) is 19.5. The molecule has 0 aromatic carbocycles. The van der Waals surface area contributed by atoms with Crippen LogP contribution >= 0.6 is 0 Å². The molecule has 0 aliphatic heterocycles. The van der Waals surface area contributed by atoms with Gasteiger partial charge in [-0.3, -0.25) is 14.4 Å². The van der Waals surface area contributed by atoms with Crippen LogP contribution in [0.5, 0.6) is 0 Å². The molecule has 0 amide bonds. The van der Waals surface area contributed by atoms with Crippen molar-refractivity contribution in [3.8, 4) is 0 Å². The molecule has 1 unspecified atom stereocenters. The number of ketones is 2. The van der Waals surface area contributed by atoms with Crippen molar-refractivity contribution in [1.82, 2.24) is 0 Å². The maximum Gasteiger partial charge on any atom is 0.307 e. The third-order valence-electron chi connectivity index (χ3n) is 3.39. The summed E-state index contributed by atoms with van der Waals surface area (Å²) < 4.78 is 5.21. The van der Waals surface area contributed by atoms with Crippen molar-refractivity contribution in [3.05, 3.63) is 0 Å². The molecule has 0 radical (unpaired) electrons. The van der Waals surface area contributed by atoms with E-state index in [0.29, 0.717) is 6.42 Å². The van der Waals surface area contributed by atoms with E-state index in [2.05, 4.69) is 0 Å². The van der Waals surface area contributed by atoms with Crippen LogP contribution in [0.4, 0.5) is 0 Å². The summed E-state index contributed by atoms with van der Waals surface area (Å²) >= 11 is 0. The quantitative estimate of drug-likeness (QED) is 0.441. The number of aliphatic hydroxyl groups excluding tert-OH is 2. The van der Waals surface area contributed by atoms with E-state index in [1.165, 1.54) is 0 Å². The number of ether oxygens (including phenoxy) is 1. The molecule has 0 saturated carbocycles. The van der Waals surface area contributed by atoms with E-state index in [-0.39, 0.29) is 31.1 Å². The normalized spacial score (nSPS) is 13.3.